The number of hydrazone groups is 1. The van der Waals surface area contributed by atoms with Crippen LogP contribution in [0.4, 0.5) is 11.4 Å². The van der Waals surface area contributed by atoms with E-state index in [1.165, 1.54) is 6.07 Å². The van der Waals surface area contributed by atoms with Crippen molar-refractivity contribution in [2.24, 2.45) is 10.2 Å². The van der Waals surface area contributed by atoms with Gasteiger partial charge in [-0.05, 0) is 36.8 Å². The van der Waals surface area contributed by atoms with Crippen LogP contribution in [-0.2, 0) is 10.0 Å². The number of nitro groups is 1. The van der Waals surface area contributed by atoms with Crippen molar-refractivity contribution in [1.29, 1.82) is 0 Å². The molecule has 2 rings (SSSR count). The van der Waals surface area contributed by atoms with Crippen LogP contribution in [0.15, 0.2) is 52.5 Å². The first-order valence-electron chi connectivity index (χ1n) is 6.56. The smallest absolute Gasteiger partial charge is 0.271 e. The lowest BCUT2D eigenvalue weighted by Gasteiger charge is -2.06. The van der Waals surface area contributed by atoms with Crippen molar-refractivity contribution in [2.75, 3.05) is 5.43 Å². The lowest BCUT2D eigenvalue weighted by molar-refractivity contribution is -0.384. The molecule has 0 aliphatic carbocycles. The van der Waals surface area contributed by atoms with Crippen molar-refractivity contribution in [3.05, 3.63) is 63.2 Å². The summed E-state index contributed by atoms with van der Waals surface area (Å²) >= 11 is 5.90. The van der Waals surface area contributed by atoms with E-state index in [1.54, 1.807) is 31.2 Å². The van der Waals surface area contributed by atoms with Crippen LogP contribution >= 0.6 is 11.6 Å². The molecule has 10 heteroatoms. The fourth-order valence-electron chi connectivity index (χ4n) is 1.86. The van der Waals surface area contributed by atoms with Crippen LogP contribution in [0, 0.1) is 10.1 Å². The predicted molar refractivity (Wildman–Crippen MR) is 91.8 cm³/mol. The van der Waals surface area contributed by atoms with Gasteiger partial charge in [0.15, 0.2) is 0 Å². The van der Waals surface area contributed by atoms with Gasteiger partial charge < -0.3 is 0 Å². The molecule has 0 aliphatic rings. The normalized spacial score (nSPS) is 12.0. The van der Waals surface area contributed by atoms with Crippen molar-refractivity contribution in [3.63, 3.8) is 0 Å². The van der Waals surface area contributed by atoms with E-state index in [4.69, 9.17) is 16.7 Å². The predicted octanol–water partition coefficient (Wildman–Crippen LogP) is 2.73. The molecule has 0 bridgehead atoms. The Morgan fingerprint density at radius 1 is 1.29 bits per heavy atom. The molecule has 2 aromatic carbocycles. The number of nitro benzene ring substituents is 1. The maximum absolute atomic E-state index is 11.3. The number of nitrogens with one attached hydrogen (secondary N) is 1. The van der Waals surface area contributed by atoms with Crippen molar-refractivity contribution in [3.8, 4) is 0 Å². The molecule has 24 heavy (non-hydrogen) atoms. The molecular formula is C14H13ClN4O4S. The zero-order valence-corrected chi connectivity index (χ0v) is 14.0. The van der Waals surface area contributed by atoms with E-state index < -0.39 is 20.6 Å². The third-order valence-electron chi connectivity index (χ3n) is 3.08. The second kappa shape index (κ2) is 6.95. The topological polar surface area (TPSA) is 128 Å². The Morgan fingerprint density at radius 2 is 2.00 bits per heavy atom. The van der Waals surface area contributed by atoms with Crippen molar-refractivity contribution in [2.45, 2.75) is 11.8 Å². The van der Waals surface area contributed by atoms with E-state index in [9.17, 15) is 18.5 Å². The summed E-state index contributed by atoms with van der Waals surface area (Å²) in [4.78, 5) is 10.1. The van der Waals surface area contributed by atoms with Crippen LogP contribution in [0.1, 0.15) is 12.5 Å². The largest absolute Gasteiger partial charge is 0.295 e. The first-order chi connectivity index (χ1) is 11.2. The maximum atomic E-state index is 11.3. The molecule has 0 radical (unpaired) electrons. The van der Waals surface area contributed by atoms with Crippen molar-refractivity contribution in [1.82, 2.24) is 0 Å². The summed E-state index contributed by atoms with van der Waals surface area (Å²) in [7, 11) is -4.04. The number of anilines is 1. The molecule has 0 saturated carbocycles. The molecule has 0 fully saturated rings. The van der Waals surface area contributed by atoms with Gasteiger partial charge in [-0.1, -0.05) is 23.7 Å². The Hall–Kier alpha value is -2.49. The van der Waals surface area contributed by atoms with Crippen LogP contribution < -0.4 is 10.6 Å². The van der Waals surface area contributed by atoms with E-state index >= 15 is 0 Å². The highest BCUT2D eigenvalue weighted by Crippen LogP contribution is 2.27. The number of benzene rings is 2. The van der Waals surface area contributed by atoms with E-state index in [0.29, 0.717) is 10.7 Å². The number of halogens is 1. The molecule has 0 spiro atoms. The second-order valence-corrected chi connectivity index (χ2v) is 6.80. The Bertz CT molecular complexity index is 928. The van der Waals surface area contributed by atoms with Gasteiger partial charge in [0.05, 0.1) is 15.5 Å². The third kappa shape index (κ3) is 4.28. The summed E-state index contributed by atoms with van der Waals surface area (Å²) in [5.74, 6) is 0. The highest BCUT2D eigenvalue weighted by Gasteiger charge is 2.19. The average molecular weight is 369 g/mol. The van der Waals surface area contributed by atoms with Gasteiger partial charge in [-0.15, -0.1) is 0 Å². The monoisotopic (exact) mass is 368 g/mol. The quantitative estimate of drug-likeness (QED) is 0.476. The summed E-state index contributed by atoms with van der Waals surface area (Å²) in [5, 5.41) is 20.7. The molecule has 0 saturated heterocycles. The van der Waals surface area contributed by atoms with Gasteiger partial charge in [0.25, 0.3) is 5.69 Å². The van der Waals surface area contributed by atoms with Gasteiger partial charge in [-0.25, -0.2) is 13.6 Å². The van der Waals surface area contributed by atoms with Crippen LogP contribution in [0.3, 0.4) is 0 Å². The van der Waals surface area contributed by atoms with Crippen LogP contribution in [0.2, 0.25) is 5.02 Å². The average Bonchev–Trinajstić information content (AvgIpc) is 2.51. The molecule has 0 aromatic heterocycles. The van der Waals surface area contributed by atoms with E-state index in [1.807, 2.05) is 0 Å². The summed E-state index contributed by atoms with van der Waals surface area (Å²) in [6.45, 7) is 1.70. The Labute approximate surface area is 143 Å². The molecule has 3 N–H and O–H groups in total. The van der Waals surface area contributed by atoms with Gasteiger partial charge >= 0.3 is 0 Å². The van der Waals surface area contributed by atoms with Crippen LogP contribution in [-0.4, -0.2) is 19.1 Å². The summed E-state index contributed by atoms with van der Waals surface area (Å²) in [6.07, 6.45) is 0. The molecule has 0 unspecified atom stereocenters. The minimum atomic E-state index is -4.04. The molecule has 2 aromatic rings. The molecule has 0 atom stereocenters. The van der Waals surface area contributed by atoms with Gasteiger partial charge in [-0.3, -0.25) is 15.5 Å². The summed E-state index contributed by atoms with van der Waals surface area (Å²) < 4.78 is 22.6. The van der Waals surface area contributed by atoms with Gasteiger partial charge in [-0.2, -0.15) is 5.10 Å². The van der Waals surface area contributed by atoms with E-state index in [0.717, 1.165) is 17.7 Å². The summed E-state index contributed by atoms with van der Waals surface area (Å²) in [5.41, 5.74) is 3.42. The Morgan fingerprint density at radius 3 is 2.58 bits per heavy atom. The second-order valence-electron chi connectivity index (χ2n) is 4.80. The lowest BCUT2D eigenvalue weighted by atomic mass is 10.1. The first-order valence-corrected chi connectivity index (χ1v) is 8.48. The lowest BCUT2D eigenvalue weighted by Crippen LogP contribution is -2.12. The van der Waals surface area contributed by atoms with Gasteiger partial charge in [0.2, 0.25) is 10.0 Å². The highest BCUT2D eigenvalue weighted by molar-refractivity contribution is 7.89. The Kier molecular flexibility index (Phi) is 5.17. The number of nitrogens with two attached hydrogens (primary N) is 1. The van der Waals surface area contributed by atoms with Crippen molar-refractivity contribution < 1.29 is 13.3 Å². The SMILES string of the molecule is C/C(=N\Nc1ccc(S(N)(=O)=O)cc1[N+](=O)[O-])c1cccc(Cl)c1. The van der Waals surface area contributed by atoms with Crippen LogP contribution in [0.25, 0.3) is 0 Å². The number of primary sulfonamides is 1. The van der Waals surface area contributed by atoms with Gasteiger partial charge in [0, 0.05) is 11.1 Å². The molecule has 0 amide bonds. The highest BCUT2D eigenvalue weighted by atomic mass is 35.5. The first kappa shape index (κ1) is 17.9. The molecule has 0 heterocycles. The van der Waals surface area contributed by atoms with Crippen LogP contribution in [0.5, 0.6) is 0 Å². The zero-order chi connectivity index (χ0) is 17.9. The standard InChI is InChI=1S/C14H13ClN4O4S/c1-9(10-3-2-4-11(15)7-10)17-18-13-6-5-12(24(16,22)23)8-14(13)19(20)21/h2-8,18H,1H3,(H2,16,22,23)/b17-9+. The van der Waals surface area contributed by atoms with E-state index in [-0.39, 0.29) is 10.6 Å². The number of sulfonamides is 1. The molecular weight excluding hydrogens is 356 g/mol. The molecule has 126 valence electrons. The summed E-state index contributed by atoms with van der Waals surface area (Å²) in [6, 6.07) is 10.2. The third-order valence-corrected chi connectivity index (χ3v) is 4.23. The fourth-order valence-corrected chi connectivity index (χ4v) is 2.58. The number of hydrogen-bond acceptors (Lipinski definition) is 6. The molecule has 8 nitrogen and oxygen atoms in total. The van der Waals surface area contributed by atoms with E-state index in [2.05, 4.69) is 10.5 Å². The zero-order valence-electron chi connectivity index (χ0n) is 12.4. The van der Waals surface area contributed by atoms with Crippen molar-refractivity contribution >= 4 is 38.7 Å². The fraction of sp³-hybridized carbons (Fsp3) is 0.0714. The number of hydrogen-bond donors (Lipinski definition) is 2. The minimum Gasteiger partial charge on any atom is -0.271 e. The maximum Gasteiger partial charge on any atom is 0.295 e. The molecule has 0 aliphatic heterocycles. The Balaban J connectivity index is 2.36. The number of rotatable bonds is 5. The number of nitrogens with zero attached hydrogens (tertiary/aromatic N) is 2. The minimum absolute atomic E-state index is 0.0359. The van der Waals surface area contributed by atoms with Gasteiger partial charge in [0.1, 0.15) is 5.69 Å².